The topological polar surface area (TPSA) is 93.8 Å². The van der Waals surface area contributed by atoms with E-state index >= 15 is 0 Å². The number of hydrazone groups is 1. The van der Waals surface area contributed by atoms with Gasteiger partial charge in [0.1, 0.15) is 5.75 Å². The zero-order chi connectivity index (χ0) is 19.2. The van der Waals surface area contributed by atoms with Gasteiger partial charge in [-0.2, -0.15) is 5.10 Å². The summed E-state index contributed by atoms with van der Waals surface area (Å²) in [6.45, 7) is 2.40. The normalized spacial score (nSPS) is 10.9. The van der Waals surface area contributed by atoms with Gasteiger partial charge in [-0.25, -0.2) is 5.43 Å². The first-order chi connectivity index (χ1) is 13.1. The maximum atomic E-state index is 12.2. The summed E-state index contributed by atoms with van der Waals surface area (Å²) in [6, 6.07) is 16.9. The Morgan fingerprint density at radius 2 is 1.89 bits per heavy atom. The van der Waals surface area contributed by atoms with Gasteiger partial charge in [0.2, 0.25) is 0 Å². The van der Waals surface area contributed by atoms with Gasteiger partial charge in [0.15, 0.2) is 0 Å². The number of non-ortho nitro benzene ring substituents is 1. The van der Waals surface area contributed by atoms with Crippen LogP contribution in [0, 0.1) is 10.1 Å². The molecule has 3 rings (SSSR count). The van der Waals surface area contributed by atoms with Crippen LogP contribution < -0.4 is 10.2 Å². The summed E-state index contributed by atoms with van der Waals surface area (Å²) < 4.78 is 5.66. The number of nitrogens with zero attached hydrogens (tertiary/aromatic N) is 2. The van der Waals surface area contributed by atoms with E-state index in [2.05, 4.69) is 10.5 Å². The Morgan fingerprint density at radius 3 is 2.59 bits per heavy atom. The Hall–Kier alpha value is -3.74. The van der Waals surface area contributed by atoms with E-state index in [1.54, 1.807) is 0 Å². The number of carbonyl (C=O) groups excluding carboxylic acids is 1. The summed E-state index contributed by atoms with van der Waals surface area (Å²) in [5.41, 5.74) is 3.40. The van der Waals surface area contributed by atoms with E-state index in [-0.39, 0.29) is 11.3 Å². The third-order valence-corrected chi connectivity index (χ3v) is 3.93. The second-order valence-electron chi connectivity index (χ2n) is 5.63. The molecular weight excluding hydrogens is 346 g/mol. The molecule has 0 atom stereocenters. The molecule has 0 saturated heterocycles. The maximum absolute atomic E-state index is 12.2. The molecule has 0 spiro atoms. The van der Waals surface area contributed by atoms with Gasteiger partial charge in [0, 0.05) is 23.3 Å². The lowest BCUT2D eigenvalue weighted by Gasteiger charge is -2.10. The number of hydrogen-bond donors (Lipinski definition) is 1. The quantitative estimate of drug-likeness (QED) is 0.408. The first-order valence-corrected chi connectivity index (χ1v) is 8.32. The summed E-state index contributed by atoms with van der Waals surface area (Å²) >= 11 is 0. The second kappa shape index (κ2) is 8.09. The fraction of sp³-hybridized carbons (Fsp3) is 0.100. The van der Waals surface area contributed by atoms with Crippen molar-refractivity contribution >= 4 is 28.6 Å². The number of amides is 1. The average molecular weight is 363 g/mol. The molecule has 27 heavy (non-hydrogen) atoms. The number of carbonyl (C=O) groups is 1. The Labute approximate surface area is 155 Å². The molecule has 0 saturated carbocycles. The van der Waals surface area contributed by atoms with Crippen molar-refractivity contribution in [1.29, 1.82) is 0 Å². The molecule has 1 N–H and O–H groups in total. The van der Waals surface area contributed by atoms with Crippen molar-refractivity contribution in [2.75, 3.05) is 6.61 Å². The molecule has 3 aromatic carbocycles. The van der Waals surface area contributed by atoms with Crippen LogP contribution in [0.25, 0.3) is 10.8 Å². The molecule has 3 aromatic rings. The van der Waals surface area contributed by atoms with Crippen molar-refractivity contribution in [3.05, 3.63) is 81.9 Å². The third kappa shape index (κ3) is 4.09. The lowest BCUT2D eigenvalue weighted by molar-refractivity contribution is -0.384. The van der Waals surface area contributed by atoms with Gasteiger partial charge < -0.3 is 4.74 Å². The van der Waals surface area contributed by atoms with E-state index in [0.29, 0.717) is 12.4 Å². The van der Waals surface area contributed by atoms with Crippen LogP contribution in [0.3, 0.4) is 0 Å². The number of rotatable bonds is 6. The largest absolute Gasteiger partial charge is 0.493 e. The molecule has 0 aliphatic rings. The molecule has 7 nitrogen and oxygen atoms in total. The van der Waals surface area contributed by atoms with Crippen LogP contribution in [-0.2, 0) is 0 Å². The zero-order valence-electron chi connectivity index (χ0n) is 14.6. The van der Waals surface area contributed by atoms with Crippen molar-refractivity contribution in [2.45, 2.75) is 6.92 Å². The molecule has 1 amide bonds. The molecule has 7 heteroatoms. The molecule has 0 bridgehead atoms. The Balaban J connectivity index is 1.82. The van der Waals surface area contributed by atoms with E-state index in [4.69, 9.17) is 4.74 Å². The van der Waals surface area contributed by atoms with Gasteiger partial charge in [-0.1, -0.05) is 30.3 Å². The van der Waals surface area contributed by atoms with Crippen LogP contribution in [0.5, 0.6) is 5.75 Å². The van der Waals surface area contributed by atoms with E-state index in [1.807, 2.05) is 43.3 Å². The van der Waals surface area contributed by atoms with Crippen LogP contribution in [0.15, 0.2) is 65.8 Å². The number of nitro groups is 1. The number of hydrogen-bond acceptors (Lipinski definition) is 5. The van der Waals surface area contributed by atoms with E-state index in [0.717, 1.165) is 16.3 Å². The van der Waals surface area contributed by atoms with Crippen LogP contribution in [-0.4, -0.2) is 23.7 Å². The SMILES string of the molecule is CCOc1ccc2ccccc2c1/C=N\NC(=O)c1ccc([N+](=O)[O-])cc1. The fourth-order valence-electron chi connectivity index (χ4n) is 2.64. The van der Waals surface area contributed by atoms with Gasteiger partial charge in [-0.3, -0.25) is 14.9 Å². The van der Waals surface area contributed by atoms with Gasteiger partial charge >= 0.3 is 0 Å². The minimum absolute atomic E-state index is 0.0767. The van der Waals surface area contributed by atoms with Gasteiger partial charge in [0.25, 0.3) is 11.6 Å². The van der Waals surface area contributed by atoms with Crippen LogP contribution >= 0.6 is 0 Å². The lowest BCUT2D eigenvalue weighted by atomic mass is 10.0. The summed E-state index contributed by atoms with van der Waals surface area (Å²) in [5, 5.41) is 16.7. The molecule has 0 radical (unpaired) electrons. The first kappa shape index (κ1) is 18.1. The van der Waals surface area contributed by atoms with Crippen LogP contribution in [0.2, 0.25) is 0 Å². The summed E-state index contributed by atoms with van der Waals surface area (Å²) in [4.78, 5) is 22.3. The van der Waals surface area contributed by atoms with Crippen molar-refractivity contribution in [3.63, 3.8) is 0 Å². The predicted octanol–water partition coefficient (Wildman–Crippen LogP) is 3.91. The van der Waals surface area contributed by atoms with E-state index in [9.17, 15) is 14.9 Å². The highest BCUT2D eigenvalue weighted by atomic mass is 16.6. The molecule has 0 fully saturated rings. The summed E-state index contributed by atoms with van der Waals surface area (Å²) in [5.74, 6) is 0.212. The Morgan fingerprint density at radius 1 is 1.15 bits per heavy atom. The minimum atomic E-state index is -0.518. The third-order valence-electron chi connectivity index (χ3n) is 3.93. The molecule has 0 heterocycles. The zero-order valence-corrected chi connectivity index (χ0v) is 14.6. The fourth-order valence-corrected chi connectivity index (χ4v) is 2.64. The van der Waals surface area contributed by atoms with Gasteiger partial charge in [0.05, 0.1) is 17.7 Å². The van der Waals surface area contributed by atoms with E-state index < -0.39 is 10.8 Å². The number of nitro benzene ring substituents is 1. The predicted molar refractivity (Wildman–Crippen MR) is 103 cm³/mol. The number of nitrogens with one attached hydrogen (secondary N) is 1. The van der Waals surface area contributed by atoms with Crippen molar-refractivity contribution in [1.82, 2.24) is 5.43 Å². The Kier molecular flexibility index (Phi) is 5.41. The van der Waals surface area contributed by atoms with Crippen molar-refractivity contribution in [2.24, 2.45) is 5.10 Å². The lowest BCUT2D eigenvalue weighted by Crippen LogP contribution is -2.17. The average Bonchev–Trinajstić information content (AvgIpc) is 2.69. The van der Waals surface area contributed by atoms with Crippen molar-refractivity contribution in [3.8, 4) is 5.75 Å². The highest BCUT2D eigenvalue weighted by molar-refractivity contribution is 6.03. The van der Waals surface area contributed by atoms with E-state index in [1.165, 1.54) is 30.5 Å². The molecule has 136 valence electrons. The highest BCUT2D eigenvalue weighted by Crippen LogP contribution is 2.26. The molecule has 0 aromatic heterocycles. The molecule has 0 unspecified atom stereocenters. The number of fused-ring (bicyclic) bond motifs is 1. The monoisotopic (exact) mass is 363 g/mol. The summed E-state index contributed by atoms with van der Waals surface area (Å²) in [6.07, 6.45) is 1.54. The van der Waals surface area contributed by atoms with Crippen LogP contribution in [0.1, 0.15) is 22.8 Å². The van der Waals surface area contributed by atoms with Gasteiger partial charge in [-0.15, -0.1) is 0 Å². The van der Waals surface area contributed by atoms with Crippen molar-refractivity contribution < 1.29 is 14.5 Å². The maximum Gasteiger partial charge on any atom is 0.271 e. The summed E-state index contributed by atoms with van der Waals surface area (Å²) in [7, 11) is 0. The van der Waals surface area contributed by atoms with Crippen LogP contribution in [0.4, 0.5) is 5.69 Å². The standard InChI is InChI=1S/C20H17N3O4/c1-2-27-19-12-9-14-5-3-4-6-17(14)18(19)13-21-22-20(24)15-7-10-16(11-8-15)23(25)26/h3-13H,2H2,1H3,(H,22,24)/b21-13-. The Bertz CT molecular complexity index is 1010. The second-order valence-corrected chi connectivity index (χ2v) is 5.63. The molecular formula is C20H17N3O4. The minimum Gasteiger partial charge on any atom is -0.493 e. The number of benzene rings is 3. The number of ether oxygens (including phenoxy) is 1. The molecule has 0 aliphatic carbocycles. The first-order valence-electron chi connectivity index (χ1n) is 8.32. The molecule has 0 aliphatic heterocycles. The van der Waals surface area contributed by atoms with Gasteiger partial charge in [-0.05, 0) is 35.9 Å². The smallest absolute Gasteiger partial charge is 0.271 e. The highest BCUT2D eigenvalue weighted by Gasteiger charge is 2.10.